The molecule has 3 saturated carbocycles. The first-order chi connectivity index (χ1) is 19.8. The van der Waals surface area contributed by atoms with Crippen LogP contribution in [0.3, 0.4) is 0 Å². The van der Waals surface area contributed by atoms with Crippen LogP contribution in [0.15, 0.2) is 23.8 Å². The van der Waals surface area contributed by atoms with Crippen LogP contribution < -0.4 is 14.8 Å². The van der Waals surface area contributed by atoms with Gasteiger partial charge in [-0.3, -0.25) is 14.4 Å². The monoisotopic (exact) mass is 680 g/mol. The van der Waals surface area contributed by atoms with E-state index >= 15 is 0 Å². The van der Waals surface area contributed by atoms with Crippen molar-refractivity contribution in [3.8, 4) is 11.5 Å². The van der Waals surface area contributed by atoms with Crippen LogP contribution in [-0.4, -0.2) is 77.8 Å². The summed E-state index contributed by atoms with van der Waals surface area (Å²) in [6.45, 7) is -0.0942. The molecule has 41 heavy (non-hydrogen) atoms. The molecule has 0 radical (unpaired) electrons. The number of fused-ring (bicyclic) bond motifs is 2. The summed E-state index contributed by atoms with van der Waals surface area (Å²) in [7, 11) is 1.48. The van der Waals surface area contributed by atoms with Crippen molar-refractivity contribution in [3.05, 3.63) is 32.9 Å². The molecule has 5 rings (SSSR count). The van der Waals surface area contributed by atoms with E-state index in [9.17, 15) is 24.6 Å². The Morgan fingerprint density at radius 1 is 1.17 bits per heavy atom. The van der Waals surface area contributed by atoms with Crippen molar-refractivity contribution < 1.29 is 34.1 Å². The first kappa shape index (κ1) is 30.3. The molecule has 0 aliphatic heterocycles. The lowest BCUT2D eigenvalue weighted by molar-refractivity contribution is -0.143. The second-order valence-corrected chi connectivity index (χ2v) is 13.2. The third-order valence-corrected chi connectivity index (χ3v) is 10.3. The highest BCUT2D eigenvalue weighted by atomic mass is 127. The van der Waals surface area contributed by atoms with Crippen LogP contribution in [0.1, 0.15) is 74.6 Å². The summed E-state index contributed by atoms with van der Waals surface area (Å²) in [5.74, 6) is 2.16. The lowest BCUT2D eigenvalue weighted by Gasteiger charge is -2.44. The Morgan fingerprint density at radius 2 is 1.95 bits per heavy atom. The molecule has 1 aromatic carbocycles. The van der Waals surface area contributed by atoms with E-state index in [1.807, 2.05) is 4.90 Å². The van der Waals surface area contributed by atoms with Crippen molar-refractivity contribution in [2.75, 3.05) is 20.3 Å². The highest BCUT2D eigenvalue weighted by Gasteiger charge is 2.46. The summed E-state index contributed by atoms with van der Waals surface area (Å²) in [6, 6.07) is 2.62. The Labute approximate surface area is 255 Å². The first-order valence-electron chi connectivity index (χ1n) is 14.9. The zero-order chi connectivity index (χ0) is 29.1. The average molecular weight is 681 g/mol. The summed E-state index contributed by atoms with van der Waals surface area (Å²) >= 11 is 2.06. The third-order valence-electron chi connectivity index (χ3n) is 9.54. The number of aliphatic hydroxyl groups excluding tert-OH is 2. The smallest absolute Gasteiger partial charge is 0.247 e. The molecule has 0 aromatic heterocycles. The fourth-order valence-corrected chi connectivity index (χ4v) is 8.36. The highest BCUT2D eigenvalue weighted by molar-refractivity contribution is 14.1. The van der Waals surface area contributed by atoms with Crippen LogP contribution in [-0.2, 0) is 9.59 Å². The van der Waals surface area contributed by atoms with Gasteiger partial charge in [0.2, 0.25) is 11.8 Å². The molecule has 9 nitrogen and oxygen atoms in total. The second kappa shape index (κ2) is 13.4. The average Bonchev–Trinajstić information content (AvgIpc) is 3.74. The number of rotatable bonds is 11. The van der Waals surface area contributed by atoms with Crippen LogP contribution in [0.25, 0.3) is 0 Å². The van der Waals surface area contributed by atoms with Crippen molar-refractivity contribution >= 4 is 40.7 Å². The molecule has 4 aliphatic rings. The Morgan fingerprint density at radius 3 is 2.59 bits per heavy atom. The maximum absolute atomic E-state index is 14.1. The van der Waals surface area contributed by atoms with Gasteiger partial charge in [-0.1, -0.05) is 19.3 Å². The molecule has 0 saturated heterocycles. The van der Waals surface area contributed by atoms with Crippen LogP contribution in [0.5, 0.6) is 11.5 Å². The van der Waals surface area contributed by atoms with E-state index < -0.39 is 18.2 Å². The quantitative estimate of drug-likeness (QED) is 0.241. The van der Waals surface area contributed by atoms with E-state index in [2.05, 4.69) is 27.9 Å². The molecule has 3 fully saturated rings. The minimum Gasteiger partial charge on any atom is -0.493 e. The minimum atomic E-state index is -1.08. The minimum absolute atomic E-state index is 0.0165. The predicted molar refractivity (Wildman–Crippen MR) is 161 cm³/mol. The summed E-state index contributed by atoms with van der Waals surface area (Å²) in [5.41, 5.74) is 0.840. The standard InChI is InChI=1S/C31H41IN2O7/c1-40-27-13-19(17-36)12-24(32)30(27)41-26-15-22(31(39)33-8-9-35)14-25(29(26)38)34(23-4-2-3-5-23)28(37)16-21-11-18-6-7-20(21)10-18/h12-13,15,17-18,20-21,23,25-26,29,35,38H,2-11,14,16H2,1H3,(H,33,39)/t18?,20?,21?,25-,26+,29+/m1/s1. The Kier molecular flexibility index (Phi) is 9.91. The van der Waals surface area contributed by atoms with E-state index in [-0.39, 0.29) is 37.4 Å². The van der Waals surface area contributed by atoms with Gasteiger partial charge in [0, 0.05) is 36.6 Å². The van der Waals surface area contributed by atoms with Crippen LogP contribution >= 0.6 is 22.6 Å². The number of hydrogen-bond acceptors (Lipinski definition) is 7. The molecule has 1 aromatic rings. The summed E-state index contributed by atoms with van der Waals surface area (Å²) < 4.78 is 12.5. The predicted octanol–water partition coefficient (Wildman–Crippen LogP) is 3.63. The van der Waals surface area contributed by atoms with E-state index in [4.69, 9.17) is 9.47 Å². The van der Waals surface area contributed by atoms with Crippen molar-refractivity contribution in [3.63, 3.8) is 0 Å². The molecule has 2 bridgehead atoms. The zero-order valence-electron chi connectivity index (χ0n) is 23.6. The second-order valence-electron chi connectivity index (χ2n) is 12.0. The van der Waals surface area contributed by atoms with Crippen LogP contribution in [0.2, 0.25) is 0 Å². The number of methoxy groups -OCH3 is 1. The lowest BCUT2D eigenvalue weighted by Crippen LogP contribution is -2.58. The van der Waals surface area contributed by atoms with E-state index in [0.29, 0.717) is 44.5 Å². The van der Waals surface area contributed by atoms with Gasteiger partial charge in [-0.2, -0.15) is 0 Å². The number of halogens is 1. The van der Waals surface area contributed by atoms with E-state index in [1.165, 1.54) is 26.4 Å². The van der Waals surface area contributed by atoms with Gasteiger partial charge in [-0.25, -0.2) is 0 Å². The number of nitrogens with zero attached hydrogens (tertiary/aromatic N) is 1. The highest BCUT2D eigenvalue weighted by Crippen LogP contribution is 2.50. The molecule has 3 N–H and O–H groups in total. The number of carbonyl (C=O) groups is 3. The maximum atomic E-state index is 14.1. The Hall–Kier alpha value is -2.18. The molecule has 0 spiro atoms. The fraction of sp³-hybridized carbons (Fsp3) is 0.645. The molecular formula is C31H41IN2O7. The maximum Gasteiger partial charge on any atom is 0.247 e. The first-order valence-corrected chi connectivity index (χ1v) is 16.0. The van der Waals surface area contributed by atoms with Gasteiger partial charge in [0.15, 0.2) is 11.5 Å². The van der Waals surface area contributed by atoms with Gasteiger partial charge >= 0.3 is 0 Å². The fourth-order valence-electron chi connectivity index (χ4n) is 7.60. The number of aldehydes is 1. The van der Waals surface area contributed by atoms with Gasteiger partial charge < -0.3 is 29.9 Å². The van der Waals surface area contributed by atoms with Crippen LogP contribution in [0.4, 0.5) is 0 Å². The Bertz CT molecular complexity index is 1170. The molecule has 2 amide bonds. The van der Waals surface area contributed by atoms with Gasteiger partial charge in [-0.15, -0.1) is 0 Å². The number of hydrogen-bond donors (Lipinski definition) is 3. The summed E-state index contributed by atoms with van der Waals surface area (Å²) in [5, 5.41) is 23.8. The number of ether oxygens (including phenoxy) is 2. The zero-order valence-corrected chi connectivity index (χ0v) is 25.8. The summed E-state index contributed by atoms with van der Waals surface area (Å²) in [6.07, 6.45) is 9.65. The van der Waals surface area contributed by atoms with Gasteiger partial charge in [0.1, 0.15) is 18.5 Å². The molecular weight excluding hydrogens is 639 g/mol. The third kappa shape index (κ3) is 6.59. The van der Waals surface area contributed by atoms with E-state index in [1.54, 1.807) is 18.2 Å². The SMILES string of the molecule is COc1cc(C=O)cc(I)c1O[C@H]1C=C(C(=O)NCCO)C[C@@H](N(C(=O)CC2CC3CCC2C3)C2CCCC2)[C@@H]1O. The molecule has 224 valence electrons. The van der Waals surface area contributed by atoms with Crippen molar-refractivity contribution in [2.24, 2.45) is 17.8 Å². The molecule has 0 heterocycles. The number of carbonyl (C=O) groups excluding carboxylic acids is 3. The number of benzene rings is 1. The number of aliphatic hydroxyl groups is 2. The molecule has 6 atom stereocenters. The van der Waals surface area contributed by atoms with Crippen molar-refractivity contribution in [1.29, 1.82) is 0 Å². The number of amides is 2. The van der Waals surface area contributed by atoms with Crippen molar-refractivity contribution in [1.82, 2.24) is 10.2 Å². The Balaban J connectivity index is 1.46. The number of nitrogens with one attached hydrogen (secondary N) is 1. The van der Waals surface area contributed by atoms with Crippen LogP contribution in [0, 0.1) is 21.3 Å². The van der Waals surface area contributed by atoms with Gasteiger partial charge in [0.05, 0.1) is 23.3 Å². The molecule has 3 unspecified atom stereocenters. The normalized spacial score (nSPS) is 29.2. The van der Waals surface area contributed by atoms with Gasteiger partial charge in [0.25, 0.3) is 0 Å². The topological polar surface area (TPSA) is 125 Å². The van der Waals surface area contributed by atoms with Gasteiger partial charge in [-0.05, 0) is 90.7 Å². The largest absolute Gasteiger partial charge is 0.493 e. The molecule has 10 heteroatoms. The van der Waals surface area contributed by atoms with Crippen molar-refractivity contribution in [2.45, 2.75) is 88.5 Å². The lowest BCUT2D eigenvalue weighted by atomic mass is 9.84. The molecule has 4 aliphatic carbocycles. The van der Waals surface area contributed by atoms with E-state index in [0.717, 1.165) is 44.3 Å². The summed E-state index contributed by atoms with van der Waals surface area (Å²) in [4.78, 5) is 40.6.